The summed E-state index contributed by atoms with van der Waals surface area (Å²) >= 11 is 12.6. The molecular formula is C20H15Cl2NO. The third-order valence-electron chi connectivity index (χ3n) is 4.42. The van der Waals surface area contributed by atoms with E-state index in [1.165, 1.54) is 0 Å². The molecular weight excluding hydrogens is 341 g/mol. The van der Waals surface area contributed by atoms with Crippen molar-refractivity contribution in [2.45, 2.75) is 19.3 Å². The Morgan fingerprint density at radius 2 is 1.79 bits per heavy atom. The van der Waals surface area contributed by atoms with E-state index in [4.69, 9.17) is 23.2 Å². The Balaban J connectivity index is 1.74. The normalized spacial score (nSPS) is 14.1. The maximum atomic E-state index is 12.0. The number of carbonyl (C=O) groups is 1. The molecule has 0 bridgehead atoms. The average molecular weight is 356 g/mol. The van der Waals surface area contributed by atoms with Crippen LogP contribution >= 0.6 is 23.2 Å². The molecule has 1 heterocycles. The fourth-order valence-electron chi connectivity index (χ4n) is 2.94. The van der Waals surface area contributed by atoms with Gasteiger partial charge in [0.2, 0.25) is 0 Å². The zero-order valence-electron chi connectivity index (χ0n) is 12.9. The van der Waals surface area contributed by atoms with Crippen molar-refractivity contribution in [3.63, 3.8) is 0 Å². The zero-order chi connectivity index (χ0) is 16.7. The lowest BCUT2D eigenvalue weighted by Crippen LogP contribution is -2.06. The highest BCUT2D eigenvalue weighted by Crippen LogP contribution is 2.36. The van der Waals surface area contributed by atoms with E-state index in [0.29, 0.717) is 22.2 Å². The van der Waals surface area contributed by atoms with Crippen molar-refractivity contribution in [1.82, 2.24) is 4.98 Å². The number of pyridine rings is 1. The number of hydrogen-bond donors (Lipinski definition) is 0. The van der Waals surface area contributed by atoms with Gasteiger partial charge in [0, 0.05) is 45.2 Å². The number of fused-ring (bicyclic) bond motifs is 1. The molecule has 0 spiro atoms. The smallest absolute Gasteiger partial charge is 0.141 e. The Labute approximate surface area is 150 Å². The topological polar surface area (TPSA) is 30.0 Å². The van der Waals surface area contributed by atoms with Gasteiger partial charge in [0.1, 0.15) is 5.78 Å². The van der Waals surface area contributed by atoms with Crippen LogP contribution in [-0.2, 0) is 11.2 Å². The van der Waals surface area contributed by atoms with Gasteiger partial charge >= 0.3 is 0 Å². The van der Waals surface area contributed by atoms with Crippen LogP contribution in [0.2, 0.25) is 10.0 Å². The van der Waals surface area contributed by atoms with Crippen molar-refractivity contribution in [1.29, 1.82) is 0 Å². The molecule has 4 heteroatoms. The van der Waals surface area contributed by atoms with E-state index in [2.05, 4.69) is 11.1 Å². The lowest BCUT2D eigenvalue weighted by Gasteiger charge is -2.09. The van der Waals surface area contributed by atoms with E-state index in [-0.39, 0.29) is 5.92 Å². The van der Waals surface area contributed by atoms with Gasteiger partial charge in [-0.1, -0.05) is 41.4 Å². The number of nitrogens with zero attached hydrogens (tertiary/aromatic N) is 1. The fraction of sp³-hybridized carbons (Fsp3) is 0.200. The van der Waals surface area contributed by atoms with Crippen molar-refractivity contribution in [3.05, 3.63) is 64.4 Å². The molecule has 120 valence electrons. The minimum atomic E-state index is 0.260. The summed E-state index contributed by atoms with van der Waals surface area (Å²) in [5.41, 5.74) is 2.61. The summed E-state index contributed by atoms with van der Waals surface area (Å²) in [4.78, 5) is 16.4. The molecule has 0 N–H and O–H groups in total. The third kappa shape index (κ3) is 3.04. The maximum Gasteiger partial charge on any atom is 0.141 e. The summed E-state index contributed by atoms with van der Waals surface area (Å²) in [5.74, 6) is 0.558. The molecule has 1 fully saturated rings. The molecule has 0 radical (unpaired) electrons. The summed E-state index contributed by atoms with van der Waals surface area (Å²) in [5, 5.41) is 3.32. The van der Waals surface area contributed by atoms with Crippen LogP contribution in [0.5, 0.6) is 0 Å². The highest BCUT2D eigenvalue weighted by atomic mass is 35.5. The molecule has 1 aromatic heterocycles. The Hall–Kier alpha value is -1.90. The van der Waals surface area contributed by atoms with Crippen molar-refractivity contribution in [2.75, 3.05) is 0 Å². The highest BCUT2D eigenvalue weighted by Gasteiger charge is 2.29. The van der Waals surface area contributed by atoms with Crippen LogP contribution in [0.25, 0.3) is 21.9 Å². The first-order valence-electron chi connectivity index (χ1n) is 7.97. The zero-order valence-corrected chi connectivity index (χ0v) is 14.4. The van der Waals surface area contributed by atoms with Gasteiger partial charge in [-0.15, -0.1) is 0 Å². The van der Waals surface area contributed by atoms with Crippen molar-refractivity contribution in [2.24, 2.45) is 5.92 Å². The molecule has 0 aliphatic heterocycles. The lowest BCUT2D eigenvalue weighted by molar-refractivity contribution is -0.119. The number of halogens is 2. The first kappa shape index (κ1) is 15.6. The summed E-state index contributed by atoms with van der Waals surface area (Å²) in [6, 6.07) is 13.5. The standard InChI is InChI=1S/C20H15Cl2NO/c21-17-2-1-3-18(22)20(17)13-6-7-14-11-23-16(9-15(14)8-13)10-19(24)12-4-5-12/h1-3,6-9,11-12H,4-5,10H2. The second-order valence-corrected chi connectivity index (χ2v) is 7.07. The number of aromatic nitrogens is 1. The molecule has 3 aromatic rings. The summed E-state index contributed by atoms with van der Waals surface area (Å²) in [7, 11) is 0. The molecule has 1 aliphatic carbocycles. The van der Waals surface area contributed by atoms with Gasteiger partial charge in [0.15, 0.2) is 0 Å². The van der Waals surface area contributed by atoms with Crippen LogP contribution < -0.4 is 0 Å². The highest BCUT2D eigenvalue weighted by molar-refractivity contribution is 6.39. The Kier molecular flexibility index (Phi) is 4.03. The van der Waals surface area contributed by atoms with E-state index < -0.39 is 0 Å². The molecule has 0 unspecified atom stereocenters. The lowest BCUT2D eigenvalue weighted by atomic mass is 10.0. The number of carbonyl (C=O) groups excluding carboxylic acids is 1. The van der Waals surface area contributed by atoms with Crippen LogP contribution in [0.1, 0.15) is 18.5 Å². The van der Waals surface area contributed by atoms with Crippen molar-refractivity contribution in [3.8, 4) is 11.1 Å². The average Bonchev–Trinajstić information content (AvgIpc) is 3.39. The van der Waals surface area contributed by atoms with Gasteiger partial charge in [0.05, 0.1) is 0 Å². The van der Waals surface area contributed by atoms with Crippen molar-refractivity contribution < 1.29 is 4.79 Å². The van der Waals surface area contributed by atoms with Crippen LogP contribution in [0.4, 0.5) is 0 Å². The van der Waals surface area contributed by atoms with Gasteiger partial charge in [-0.3, -0.25) is 9.78 Å². The molecule has 4 rings (SSSR count). The van der Waals surface area contributed by atoms with Gasteiger partial charge < -0.3 is 0 Å². The molecule has 0 amide bonds. The minimum absolute atomic E-state index is 0.260. The van der Waals surface area contributed by atoms with Crippen molar-refractivity contribution >= 4 is 39.8 Å². The molecule has 1 aliphatic rings. The number of hydrogen-bond acceptors (Lipinski definition) is 2. The Morgan fingerprint density at radius 3 is 2.50 bits per heavy atom. The minimum Gasteiger partial charge on any atom is -0.299 e. The number of ketones is 1. The molecule has 0 saturated heterocycles. The first-order valence-corrected chi connectivity index (χ1v) is 8.73. The monoisotopic (exact) mass is 355 g/mol. The van der Waals surface area contributed by atoms with E-state index in [0.717, 1.165) is 40.4 Å². The van der Waals surface area contributed by atoms with Crippen LogP contribution in [-0.4, -0.2) is 10.8 Å². The number of Topliss-reactive ketones (excluding diaryl/α,β-unsaturated/α-hetero) is 1. The molecule has 2 aromatic carbocycles. The summed E-state index contributed by atoms with van der Waals surface area (Å²) < 4.78 is 0. The van der Waals surface area contributed by atoms with Crippen LogP contribution in [0, 0.1) is 5.92 Å². The van der Waals surface area contributed by atoms with Crippen LogP contribution in [0.15, 0.2) is 48.7 Å². The molecule has 1 saturated carbocycles. The van der Waals surface area contributed by atoms with Crippen LogP contribution in [0.3, 0.4) is 0 Å². The van der Waals surface area contributed by atoms with E-state index in [1.807, 2.05) is 42.6 Å². The SMILES string of the molecule is O=C(Cc1cc2cc(-c3c(Cl)cccc3Cl)ccc2cn1)C1CC1. The largest absolute Gasteiger partial charge is 0.299 e. The van der Waals surface area contributed by atoms with Gasteiger partial charge in [0.25, 0.3) is 0 Å². The number of rotatable bonds is 4. The molecule has 2 nitrogen and oxygen atoms in total. The fourth-order valence-corrected chi connectivity index (χ4v) is 3.56. The Morgan fingerprint density at radius 1 is 1.04 bits per heavy atom. The van der Waals surface area contributed by atoms with Gasteiger partial charge in [-0.25, -0.2) is 0 Å². The Bertz CT molecular complexity index is 927. The van der Waals surface area contributed by atoms with Gasteiger partial charge in [-0.2, -0.15) is 0 Å². The summed E-state index contributed by atoms with van der Waals surface area (Å²) in [6.45, 7) is 0. The van der Waals surface area contributed by atoms with E-state index in [9.17, 15) is 4.79 Å². The summed E-state index contributed by atoms with van der Waals surface area (Å²) in [6.07, 6.45) is 4.30. The second kappa shape index (κ2) is 6.19. The quantitative estimate of drug-likeness (QED) is 0.598. The van der Waals surface area contributed by atoms with E-state index in [1.54, 1.807) is 0 Å². The first-order chi connectivity index (χ1) is 11.6. The predicted octanol–water partition coefficient (Wildman–Crippen LogP) is 5.73. The second-order valence-electron chi connectivity index (χ2n) is 6.25. The van der Waals surface area contributed by atoms with Gasteiger partial charge in [-0.05, 0) is 48.1 Å². The predicted molar refractivity (Wildman–Crippen MR) is 98.6 cm³/mol. The molecule has 24 heavy (non-hydrogen) atoms. The molecule has 0 atom stereocenters. The maximum absolute atomic E-state index is 12.0. The third-order valence-corrected chi connectivity index (χ3v) is 5.05. The number of benzene rings is 2. The van der Waals surface area contributed by atoms with E-state index >= 15 is 0 Å².